The molecule has 1 amide bonds. The molecule has 1 saturated heterocycles. The summed E-state index contributed by atoms with van der Waals surface area (Å²) in [5.74, 6) is 1.40. The van der Waals surface area contributed by atoms with Gasteiger partial charge in [-0.25, -0.2) is 0 Å². The monoisotopic (exact) mass is 181 g/mol. The molecule has 1 atom stereocenters. The quantitative estimate of drug-likeness (QED) is 0.638. The predicted molar refractivity (Wildman–Crippen MR) is 52.3 cm³/mol. The first kappa shape index (κ1) is 9.04. The molecule has 0 spiro atoms. The highest BCUT2D eigenvalue weighted by Crippen LogP contribution is 2.40. The van der Waals surface area contributed by atoms with Crippen LogP contribution in [0, 0.1) is 11.8 Å². The zero-order chi connectivity index (χ0) is 9.42. The van der Waals surface area contributed by atoms with Crippen molar-refractivity contribution in [1.29, 1.82) is 0 Å². The maximum absolute atomic E-state index is 11.8. The van der Waals surface area contributed by atoms with Gasteiger partial charge in [-0.3, -0.25) is 4.79 Å². The van der Waals surface area contributed by atoms with E-state index in [4.69, 9.17) is 0 Å². The van der Waals surface area contributed by atoms with Crippen LogP contribution < -0.4 is 0 Å². The Bertz CT molecular complexity index is 208. The largest absolute Gasteiger partial charge is 0.339 e. The fraction of sp³-hybridized carbons (Fsp3) is 0.909. The van der Waals surface area contributed by atoms with Gasteiger partial charge in [-0.2, -0.15) is 0 Å². The number of rotatable bonds is 2. The normalized spacial score (nSPS) is 28.5. The first-order chi connectivity index (χ1) is 6.20. The maximum Gasteiger partial charge on any atom is 0.225 e. The molecule has 13 heavy (non-hydrogen) atoms. The van der Waals surface area contributed by atoms with E-state index in [2.05, 4.69) is 4.90 Å². The van der Waals surface area contributed by atoms with Gasteiger partial charge in [-0.05, 0) is 31.6 Å². The third-order valence-corrected chi connectivity index (χ3v) is 3.24. The van der Waals surface area contributed by atoms with Crippen LogP contribution in [-0.2, 0) is 4.79 Å². The van der Waals surface area contributed by atoms with E-state index in [1.54, 1.807) is 0 Å². The Morgan fingerprint density at radius 3 is 2.54 bits per heavy atom. The molecule has 0 aromatic carbocycles. The number of nitrogens with zero attached hydrogens (tertiary/aromatic N) is 1. The summed E-state index contributed by atoms with van der Waals surface area (Å²) in [7, 11) is 0. The summed E-state index contributed by atoms with van der Waals surface area (Å²) < 4.78 is 0. The van der Waals surface area contributed by atoms with E-state index in [1.165, 1.54) is 25.7 Å². The molecule has 2 nitrogen and oxygen atoms in total. The van der Waals surface area contributed by atoms with Gasteiger partial charge in [0.2, 0.25) is 5.91 Å². The standard InChI is InChI=1S/C11H19NO/c1-8(2)11(13)12-7-3-4-10(12)9-5-6-9/h8-10H,3-7H2,1-2H3. The highest BCUT2D eigenvalue weighted by Gasteiger charge is 2.40. The van der Waals surface area contributed by atoms with Crippen molar-refractivity contribution in [2.24, 2.45) is 11.8 Å². The molecule has 0 aromatic heterocycles. The zero-order valence-corrected chi connectivity index (χ0v) is 8.62. The van der Waals surface area contributed by atoms with Crippen LogP contribution in [0.25, 0.3) is 0 Å². The fourth-order valence-electron chi connectivity index (χ4n) is 2.37. The van der Waals surface area contributed by atoms with Crippen molar-refractivity contribution in [3.63, 3.8) is 0 Å². The highest BCUT2D eigenvalue weighted by atomic mass is 16.2. The van der Waals surface area contributed by atoms with Crippen molar-refractivity contribution in [3.05, 3.63) is 0 Å². The first-order valence-electron chi connectivity index (χ1n) is 5.50. The summed E-state index contributed by atoms with van der Waals surface area (Å²) in [5, 5.41) is 0. The highest BCUT2D eigenvalue weighted by molar-refractivity contribution is 5.78. The van der Waals surface area contributed by atoms with E-state index in [9.17, 15) is 4.79 Å². The van der Waals surface area contributed by atoms with E-state index < -0.39 is 0 Å². The molecule has 0 bridgehead atoms. The molecular weight excluding hydrogens is 162 g/mol. The van der Waals surface area contributed by atoms with Crippen LogP contribution in [0.15, 0.2) is 0 Å². The van der Waals surface area contributed by atoms with Crippen LogP contribution in [0.3, 0.4) is 0 Å². The minimum Gasteiger partial charge on any atom is -0.339 e. The molecule has 0 aromatic rings. The molecule has 74 valence electrons. The van der Waals surface area contributed by atoms with Gasteiger partial charge in [0.15, 0.2) is 0 Å². The third-order valence-electron chi connectivity index (χ3n) is 3.24. The Morgan fingerprint density at radius 1 is 1.31 bits per heavy atom. The van der Waals surface area contributed by atoms with Crippen LogP contribution in [0.5, 0.6) is 0 Å². The number of carbonyl (C=O) groups is 1. The van der Waals surface area contributed by atoms with Crippen molar-refractivity contribution in [2.75, 3.05) is 6.54 Å². The fourth-order valence-corrected chi connectivity index (χ4v) is 2.37. The van der Waals surface area contributed by atoms with Gasteiger partial charge >= 0.3 is 0 Å². The smallest absolute Gasteiger partial charge is 0.225 e. The molecule has 1 heterocycles. The van der Waals surface area contributed by atoms with Gasteiger partial charge < -0.3 is 4.90 Å². The minimum atomic E-state index is 0.180. The maximum atomic E-state index is 11.8. The summed E-state index contributed by atoms with van der Waals surface area (Å²) in [6, 6.07) is 0.606. The van der Waals surface area contributed by atoms with Crippen molar-refractivity contribution >= 4 is 5.91 Å². The number of amides is 1. The molecule has 0 N–H and O–H groups in total. The molecule has 1 aliphatic carbocycles. The molecule has 2 aliphatic rings. The Balaban J connectivity index is 2.00. The second-order valence-electron chi connectivity index (χ2n) is 4.73. The van der Waals surface area contributed by atoms with Crippen molar-refractivity contribution in [2.45, 2.75) is 45.6 Å². The van der Waals surface area contributed by atoms with Gasteiger partial charge in [0.1, 0.15) is 0 Å². The number of carbonyl (C=O) groups excluding carboxylic acids is 1. The lowest BCUT2D eigenvalue weighted by atomic mass is 10.1. The van der Waals surface area contributed by atoms with E-state index in [0.29, 0.717) is 11.9 Å². The minimum absolute atomic E-state index is 0.180. The van der Waals surface area contributed by atoms with E-state index in [0.717, 1.165) is 12.5 Å². The third kappa shape index (κ3) is 1.72. The lowest BCUT2D eigenvalue weighted by Crippen LogP contribution is -2.39. The molecule has 0 radical (unpaired) electrons. The van der Waals surface area contributed by atoms with E-state index in [1.807, 2.05) is 13.8 Å². The number of hydrogen-bond donors (Lipinski definition) is 0. The molecule has 2 heteroatoms. The van der Waals surface area contributed by atoms with E-state index >= 15 is 0 Å². The van der Waals surface area contributed by atoms with E-state index in [-0.39, 0.29) is 5.92 Å². The van der Waals surface area contributed by atoms with Crippen LogP contribution in [-0.4, -0.2) is 23.4 Å². The van der Waals surface area contributed by atoms with Gasteiger partial charge in [0.05, 0.1) is 0 Å². The zero-order valence-electron chi connectivity index (χ0n) is 8.62. The molecule has 2 rings (SSSR count). The Morgan fingerprint density at radius 2 is 2.00 bits per heavy atom. The van der Waals surface area contributed by atoms with Crippen molar-refractivity contribution in [1.82, 2.24) is 4.90 Å². The second-order valence-corrected chi connectivity index (χ2v) is 4.73. The molecule has 1 saturated carbocycles. The van der Waals surface area contributed by atoms with Crippen molar-refractivity contribution in [3.8, 4) is 0 Å². The van der Waals surface area contributed by atoms with Crippen LogP contribution in [0.1, 0.15) is 39.5 Å². The lowest BCUT2D eigenvalue weighted by molar-refractivity contribution is -0.135. The number of hydrogen-bond acceptors (Lipinski definition) is 1. The van der Waals surface area contributed by atoms with Crippen LogP contribution in [0.2, 0.25) is 0 Å². The summed E-state index contributed by atoms with van der Waals surface area (Å²) in [6.45, 7) is 5.02. The average Bonchev–Trinajstić information content (AvgIpc) is 2.83. The first-order valence-corrected chi connectivity index (χ1v) is 5.50. The summed E-state index contributed by atoms with van der Waals surface area (Å²) >= 11 is 0. The Labute approximate surface area is 80.3 Å². The van der Waals surface area contributed by atoms with Gasteiger partial charge in [-0.1, -0.05) is 13.8 Å². The van der Waals surface area contributed by atoms with Gasteiger partial charge in [0, 0.05) is 18.5 Å². The molecular formula is C11H19NO. The summed E-state index contributed by atoms with van der Waals surface area (Å²) in [4.78, 5) is 14.0. The second kappa shape index (κ2) is 3.32. The summed E-state index contributed by atoms with van der Waals surface area (Å²) in [5.41, 5.74) is 0. The van der Waals surface area contributed by atoms with Crippen LogP contribution >= 0.6 is 0 Å². The summed E-state index contributed by atoms with van der Waals surface area (Å²) in [6.07, 6.45) is 5.18. The topological polar surface area (TPSA) is 20.3 Å². The molecule has 2 fully saturated rings. The predicted octanol–water partition coefficient (Wildman–Crippen LogP) is 2.04. The Kier molecular flexibility index (Phi) is 2.31. The Hall–Kier alpha value is -0.530. The van der Waals surface area contributed by atoms with Gasteiger partial charge in [-0.15, -0.1) is 0 Å². The van der Waals surface area contributed by atoms with Crippen LogP contribution in [0.4, 0.5) is 0 Å². The average molecular weight is 181 g/mol. The molecule has 1 aliphatic heterocycles. The molecule has 1 unspecified atom stereocenters. The lowest BCUT2D eigenvalue weighted by Gasteiger charge is -2.26. The van der Waals surface area contributed by atoms with Crippen molar-refractivity contribution < 1.29 is 4.79 Å². The SMILES string of the molecule is CC(C)C(=O)N1CCCC1C1CC1. The number of likely N-dealkylation sites (tertiary alicyclic amines) is 1. The van der Waals surface area contributed by atoms with Gasteiger partial charge in [0.25, 0.3) is 0 Å².